The van der Waals surface area contributed by atoms with Crippen molar-refractivity contribution in [2.24, 2.45) is 0 Å². The Morgan fingerprint density at radius 1 is 1.40 bits per heavy atom. The number of carbonyl (C=O) groups is 1. The van der Waals surface area contributed by atoms with E-state index in [9.17, 15) is 9.90 Å². The summed E-state index contributed by atoms with van der Waals surface area (Å²) in [6.07, 6.45) is 2.40. The van der Waals surface area contributed by atoms with E-state index in [0.717, 1.165) is 24.8 Å². The fourth-order valence-corrected chi connectivity index (χ4v) is 3.28. The predicted octanol–water partition coefficient (Wildman–Crippen LogP) is 1.67. The maximum absolute atomic E-state index is 12.6. The third kappa shape index (κ3) is 2.34. The van der Waals surface area contributed by atoms with Crippen molar-refractivity contribution in [3.63, 3.8) is 0 Å². The van der Waals surface area contributed by atoms with Crippen molar-refractivity contribution in [2.45, 2.75) is 44.4 Å². The van der Waals surface area contributed by atoms with Crippen LogP contribution in [0.4, 0.5) is 0 Å². The Balaban J connectivity index is 1.82. The number of rotatable bonds is 2. The van der Waals surface area contributed by atoms with Crippen LogP contribution in [-0.2, 0) is 16.0 Å². The van der Waals surface area contributed by atoms with E-state index in [-0.39, 0.29) is 30.8 Å². The van der Waals surface area contributed by atoms with E-state index in [1.807, 2.05) is 25.1 Å². The number of amides is 1. The third-order valence-electron chi connectivity index (χ3n) is 4.38. The minimum Gasteiger partial charge on any atom is -0.394 e. The molecule has 1 saturated heterocycles. The Morgan fingerprint density at radius 3 is 2.90 bits per heavy atom. The van der Waals surface area contributed by atoms with Crippen molar-refractivity contribution in [1.82, 2.24) is 4.90 Å². The minimum atomic E-state index is -0.329. The van der Waals surface area contributed by atoms with Gasteiger partial charge >= 0.3 is 0 Å². The second-order valence-corrected chi connectivity index (χ2v) is 5.69. The SMILES string of the molecule is C[C@@H]1CC[C@H](C(=O)N2CCc3ccccc3[C@@H]2CO)O1. The third-order valence-corrected chi connectivity index (χ3v) is 4.38. The van der Waals surface area contributed by atoms with Gasteiger partial charge in [-0.2, -0.15) is 0 Å². The van der Waals surface area contributed by atoms with E-state index in [0.29, 0.717) is 6.54 Å². The molecule has 108 valence electrons. The van der Waals surface area contributed by atoms with Crippen LogP contribution in [0.25, 0.3) is 0 Å². The summed E-state index contributed by atoms with van der Waals surface area (Å²) in [4.78, 5) is 14.4. The molecule has 2 aliphatic rings. The zero-order valence-electron chi connectivity index (χ0n) is 11.8. The van der Waals surface area contributed by atoms with Gasteiger partial charge in [0.05, 0.1) is 18.8 Å². The Morgan fingerprint density at radius 2 is 2.20 bits per heavy atom. The molecule has 0 unspecified atom stereocenters. The van der Waals surface area contributed by atoms with Gasteiger partial charge in [0.15, 0.2) is 0 Å². The van der Waals surface area contributed by atoms with Crippen LogP contribution < -0.4 is 0 Å². The predicted molar refractivity (Wildman–Crippen MR) is 75.3 cm³/mol. The Bertz CT molecular complexity index is 502. The first-order valence-corrected chi connectivity index (χ1v) is 7.35. The van der Waals surface area contributed by atoms with Gasteiger partial charge < -0.3 is 14.7 Å². The summed E-state index contributed by atoms with van der Waals surface area (Å²) in [5, 5.41) is 9.72. The summed E-state index contributed by atoms with van der Waals surface area (Å²) in [5.41, 5.74) is 2.30. The van der Waals surface area contributed by atoms with Crippen LogP contribution in [0.1, 0.15) is 36.9 Å². The van der Waals surface area contributed by atoms with Crippen LogP contribution >= 0.6 is 0 Å². The van der Waals surface area contributed by atoms with Crippen molar-refractivity contribution >= 4 is 5.91 Å². The average Bonchev–Trinajstić information content (AvgIpc) is 2.91. The lowest BCUT2D eigenvalue weighted by atomic mass is 9.92. The highest BCUT2D eigenvalue weighted by atomic mass is 16.5. The van der Waals surface area contributed by atoms with Gasteiger partial charge in [-0.3, -0.25) is 4.79 Å². The van der Waals surface area contributed by atoms with Crippen molar-refractivity contribution in [3.05, 3.63) is 35.4 Å². The molecular formula is C16H21NO3. The van der Waals surface area contributed by atoms with E-state index in [1.54, 1.807) is 4.90 Å². The molecule has 0 bridgehead atoms. The van der Waals surface area contributed by atoms with Gasteiger partial charge in [-0.15, -0.1) is 0 Å². The number of carbonyl (C=O) groups excluding carboxylic acids is 1. The molecule has 0 aliphatic carbocycles. The number of aliphatic hydroxyl groups excluding tert-OH is 1. The Hall–Kier alpha value is -1.39. The van der Waals surface area contributed by atoms with Gasteiger partial charge in [-0.05, 0) is 37.3 Å². The number of ether oxygens (including phenoxy) is 1. The molecule has 3 atom stereocenters. The highest BCUT2D eigenvalue weighted by molar-refractivity contribution is 5.82. The van der Waals surface area contributed by atoms with Crippen molar-refractivity contribution in [2.75, 3.05) is 13.2 Å². The lowest BCUT2D eigenvalue weighted by Gasteiger charge is -2.37. The summed E-state index contributed by atoms with van der Waals surface area (Å²) < 4.78 is 5.68. The molecule has 1 amide bonds. The smallest absolute Gasteiger partial charge is 0.252 e. The fourth-order valence-electron chi connectivity index (χ4n) is 3.28. The van der Waals surface area contributed by atoms with E-state index in [4.69, 9.17) is 4.74 Å². The van der Waals surface area contributed by atoms with Crippen LogP contribution in [0.3, 0.4) is 0 Å². The minimum absolute atomic E-state index is 0.0305. The molecule has 1 N–H and O–H groups in total. The quantitative estimate of drug-likeness (QED) is 0.893. The fraction of sp³-hybridized carbons (Fsp3) is 0.562. The number of hydrogen-bond acceptors (Lipinski definition) is 3. The zero-order valence-corrected chi connectivity index (χ0v) is 11.8. The van der Waals surface area contributed by atoms with Gasteiger partial charge in [0.2, 0.25) is 0 Å². The van der Waals surface area contributed by atoms with Gasteiger partial charge in [0.1, 0.15) is 6.10 Å². The average molecular weight is 275 g/mol. The van der Waals surface area contributed by atoms with Crippen LogP contribution in [0, 0.1) is 0 Å². The highest BCUT2D eigenvalue weighted by Crippen LogP contribution is 2.31. The lowest BCUT2D eigenvalue weighted by Crippen LogP contribution is -2.46. The molecule has 4 nitrogen and oxygen atoms in total. The van der Waals surface area contributed by atoms with Crippen molar-refractivity contribution in [3.8, 4) is 0 Å². The van der Waals surface area contributed by atoms with E-state index < -0.39 is 0 Å². The molecular weight excluding hydrogens is 254 g/mol. The van der Waals surface area contributed by atoms with Crippen LogP contribution in [0.2, 0.25) is 0 Å². The number of hydrogen-bond donors (Lipinski definition) is 1. The number of aliphatic hydroxyl groups is 1. The summed E-state index contributed by atoms with van der Waals surface area (Å²) in [6.45, 7) is 2.63. The topological polar surface area (TPSA) is 49.8 Å². The second-order valence-electron chi connectivity index (χ2n) is 5.69. The maximum atomic E-state index is 12.6. The summed E-state index contributed by atoms with van der Waals surface area (Å²) in [5.74, 6) is 0.0305. The molecule has 2 aliphatic heterocycles. The largest absolute Gasteiger partial charge is 0.394 e. The van der Waals surface area contributed by atoms with Crippen LogP contribution in [0.15, 0.2) is 24.3 Å². The first-order chi connectivity index (χ1) is 9.70. The lowest BCUT2D eigenvalue weighted by molar-refractivity contribution is -0.146. The monoisotopic (exact) mass is 275 g/mol. The molecule has 0 spiro atoms. The molecule has 0 aromatic heterocycles. The summed E-state index contributed by atoms with van der Waals surface area (Å²) in [6, 6.07) is 7.82. The molecule has 1 aromatic carbocycles. The molecule has 4 heteroatoms. The van der Waals surface area contributed by atoms with E-state index in [2.05, 4.69) is 6.07 Å². The summed E-state index contributed by atoms with van der Waals surface area (Å²) in [7, 11) is 0. The summed E-state index contributed by atoms with van der Waals surface area (Å²) >= 11 is 0. The van der Waals surface area contributed by atoms with Gasteiger partial charge in [0, 0.05) is 6.54 Å². The molecule has 20 heavy (non-hydrogen) atoms. The van der Waals surface area contributed by atoms with Gasteiger partial charge in [-0.1, -0.05) is 24.3 Å². The van der Waals surface area contributed by atoms with Gasteiger partial charge in [-0.25, -0.2) is 0 Å². The van der Waals surface area contributed by atoms with Crippen molar-refractivity contribution < 1.29 is 14.6 Å². The molecule has 0 saturated carbocycles. The Kier molecular flexibility index (Phi) is 3.76. The number of nitrogens with zero attached hydrogens (tertiary/aromatic N) is 1. The first-order valence-electron chi connectivity index (χ1n) is 7.35. The van der Waals surface area contributed by atoms with E-state index >= 15 is 0 Å². The normalized spacial score (nSPS) is 29.3. The van der Waals surface area contributed by atoms with Crippen molar-refractivity contribution in [1.29, 1.82) is 0 Å². The second kappa shape index (κ2) is 5.54. The first kappa shape index (κ1) is 13.6. The Labute approximate surface area is 119 Å². The molecule has 2 heterocycles. The number of benzene rings is 1. The molecule has 3 rings (SSSR count). The van der Waals surface area contributed by atoms with Gasteiger partial charge in [0.25, 0.3) is 5.91 Å². The van der Waals surface area contributed by atoms with E-state index in [1.165, 1.54) is 5.56 Å². The standard InChI is InChI=1S/C16H21NO3/c1-11-6-7-15(20-11)16(19)17-9-8-12-4-2-3-5-13(12)14(17)10-18/h2-5,11,14-15,18H,6-10H2,1H3/t11-,14+,15-/m1/s1. The molecule has 0 radical (unpaired) electrons. The zero-order chi connectivity index (χ0) is 14.1. The molecule has 1 aromatic rings. The highest BCUT2D eigenvalue weighted by Gasteiger charge is 2.37. The van der Waals surface area contributed by atoms with Crippen LogP contribution in [-0.4, -0.2) is 41.3 Å². The maximum Gasteiger partial charge on any atom is 0.252 e. The number of fused-ring (bicyclic) bond motifs is 1. The van der Waals surface area contributed by atoms with Crippen LogP contribution in [0.5, 0.6) is 0 Å². The molecule has 1 fully saturated rings.